The van der Waals surface area contributed by atoms with Crippen LogP contribution in [0.5, 0.6) is 0 Å². The quantitative estimate of drug-likeness (QED) is 0.725. The maximum atomic E-state index is 8.74. The maximum absolute atomic E-state index is 8.74. The lowest BCUT2D eigenvalue weighted by Crippen LogP contribution is -2.43. The van der Waals surface area contributed by atoms with Crippen LogP contribution in [0.4, 0.5) is 0 Å². The molecule has 1 heterocycles. The molecular formula is C14H24N2O4S. The van der Waals surface area contributed by atoms with Gasteiger partial charge < -0.3 is 10.6 Å². The first-order valence-electron chi connectivity index (χ1n) is 7.06. The predicted octanol–water partition coefficient (Wildman–Crippen LogP) is 1.39. The van der Waals surface area contributed by atoms with E-state index in [1.54, 1.807) is 0 Å². The third-order valence-electron chi connectivity index (χ3n) is 3.32. The van der Waals surface area contributed by atoms with Gasteiger partial charge in [-0.1, -0.05) is 30.3 Å². The first-order chi connectivity index (χ1) is 9.84. The van der Waals surface area contributed by atoms with Crippen molar-refractivity contribution >= 4 is 10.4 Å². The number of rotatable bonds is 4. The fourth-order valence-electron chi connectivity index (χ4n) is 2.45. The van der Waals surface area contributed by atoms with Gasteiger partial charge in [0.05, 0.1) is 0 Å². The van der Waals surface area contributed by atoms with Crippen LogP contribution in [0, 0.1) is 0 Å². The zero-order valence-electron chi connectivity index (χ0n) is 12.1. The Balaban J connectivity index is 0.000000383. The molecule has 2 rings (SSSR count). The lowest BCUT2D eigenvalue weighted by atomic mass is 10.1. The molecule has 0 spiro atoms. The Morgan fingerprint density at radius 3 is 2.43 bits per heavy atom. The fourth-order valence-corrected chi connectivity index (χ4v) is 2.45. The van der Waals surface area contributed by atoms with Crippen molar-refractivity contribution in [2.24, 2.45) is 5.73 Å². The minimum atomic E-state index is -4.67. The topological polar surface area (TPSA) is 104 Å². The van der Waals surface area contributed by atoms with Gasteiger partial charge >= 0.3 is 10.4 Å². The Morgan fingerprint density at radius 1 is 1.24 bits per heavy atom. The number of nitrogens with zero attached hydrogens (tertiary/aromatic N) is 1. The van der Waals surface area contributed by atoms with Crippen LogP contribution in [0.3, 0.4) is 0 Å². The fraction of sp³-hybridized carbons (Fsp3) is 0.571. The standard InChI is InChI=1S/C14H22N2.H2O4S/c15-14-9-5-11-16(12-14)10-4-8-13-6-2-1-3-7-13;1-5(2,3)4/h1-3,6-7,14H,4-5,8-12,15H2;(H2,1,2,3,4). The maximum Gasteiger partial charge on any atom is 0.394 e. The number of likely N-dealkylation sites (tertiary alicyclic amines) is 1. The van der Waals surface area contributed by atoms with E-state index in [-0.39, 0.29) is 0 Å². The summed E-state index contributed by atoms with van der Waals surface area (Å²) in [5, 5.41) is 0. The van der Waals surface area contributed by atoms with Crippen molar-refractivity contribution in [3.63, 3.8) is 0 Å². The number of aryl methyl sites for hydroxylation is 1. The highest BCUT2D eigenvalue weighted by Gasteiger charge is 2.15. The van der Waals surface area contributed by atoms with E-state index in [2.05, 4.69) is 35.2 Å². The molecule has 7 heteroatoms. The minimum Gasteiger partial charge on any atom is -0.327 e. The van der Waals surface area contributed by atoms with Crippen LogP contribution in [0.15, 0.2) is 30.3 Å². The second-order valence-electron chi connectivity index (χ2n) is 5.24. The Hall–Kier alpha value is -0.990. The van der Waals surface area contributed by atoms with E-state index in [4.69, 9.17) is 23.3 Å². The van der Waals surface area contributed by atoms with Gasteiger partial charge in [-0.2, -0.15) is 8.42 Å². The monoisotopic (exact) mass is 316 g/mol. The molecule has 4 N–H and O–H groups in total. The molecule has 0 saturated carbocycles. The molecule has 0 bridgehead atoms. The highest BCUT2D eigenvalue weighted by molar-refractivity contribution is 7.79. The van der Waals surface area contributed by atoms with Crippen molar-refractivity contribution in [2.75, 3.05) is 19.6 Å². The van der Waals surface area contributed by atoms with Crippen molar-refractivity contribution in [3.8, 4) is 0 Å². The molecule has 1 aliphatic rings. The van der Waals surface area contributed by atoms with Crippen molar-refractivity contribution in [1.82, 2.24) is 4.90 Å². The van der Waals surface area contributed by atoms with Gasteiger partial charge in [0, 0.05) is 12.6 Å². The summed E-state index contributed by atoms with van der Waals surface area (Å²) in [5.74, 6) is 0. The molecular weight excluding hydrogens is 292 g/mol. The predicted molar refractivity (Wildman–Crippen MR) is 82.6 cm³/mol. The molecule has 0 radical (unpaired) electrons. The summed E-state index contributed by atoms with van der Waals surface area (Å²) >= 11 is 0. The third-order valence-corrected chi connectivity index (χ3v) is 3.32. The number of hydrogen-bond donors (Lipinski definition) is 3. The van der Waals surface area contributed by atoms with Gasteiger partial charge in [0.2, 0.25) is 0 Å². The molecule has 1 aromatic carbocycles. The summed E-state index contributed by atoms with van der Waals surface area (Å²) in [6.07, 6.45) is 4.91. The van der Waals surface area contributed by atoms with Gasteiger partial charge in [-0.05, 0) is 44.3 Å². The molecule has 1 aromatic rings. The largest absolute Gasteiger partial charge is 0.394 e. The summed E-state index contributed by atoms with van der Waals surface area (Å²) in [4.78, 5) is 2.51. The molecule has 0 aliphatic carbocycles. The van der Waals surface area contributed by atoms with Crippen LogP contribution in [0.2, 0.25) is 0 Å². The zero-order chi connectivity index (χ0) is 15.7. The SMILES string of the molecule is NC1CCCN(CCCc2ccccc2)C1.O=S(=O)(O)O. The van der Waals surface area contributed by atoms with E-state index in [0.29, 0.717) is 6.04 Å². The normalized spacial score (nSPS) is 19.7. The van der Waals surface area contributed by atoms with E-state index in [1.165, 1.54) is 44.3 Å². The third kappa shape index (κ3) is 10.4. The summed E-state index contributed by atoms with van der Waals surface area (Å²) in [6, 6.07) is 11.1. The minimum absolute atomic E-state index is 0.408. The van der Waals surface area contributed by atoms with Crippen LogP contribution in [-0.4, -0.2) is 48.1 Å². The zero-order valence-corrected chi connectivity index (χ0v) is 12.9. The Kier molecular flexibility index (Phi) is 7.84. The molecule has 120 valence electrons. The molecule has 1 fully saturated rings. The van der Waals surface area contributed by atoms with Gasteiger partial charge in [-0.15, -0.1) is 0 Å². The van der Waals surface area contributed by atoms with E-state index in [1.807, 2.05) is 0 Å². The molecule has 0 amide bonds. The second-order valence-corrected chi connectivity index (χ2v) is 6.14. The second kappa shape index (κ2) is 9.11. The Morgan fingerprint density at radius 2 is 1.86 bits per heavy atom. The Labute approximate surface area is 126 Å². The summed E-state index contributed by atoms with van der Waals surface area (Å²) in [6.45, 7) is 3.53. The number of nitrogens with two attached hydrogens (primary N) is 1. The first kappa shape index (κ1) is 18.1. The van der Waals surface area contributed by atoms with Crippen molar-refractivity contribution < 1.29 is 17.5 Å². The highest BCUT2D eigenvalue weighted by atomic mass is 32.3. The smallest absolute Gasteiger partial charge is 0.327 e. The van der Waals surface area contributed by atoms with Crippen LogP contribution < -0.4 is 5.73 Å². The van der Waals surface area contributed by atoms with E-state index in [0.717, 1.165) is 6.54 Å². The number of piperidine rings is 1. The summed E-state index contributed by atoms with van der Waals surface area (Å²) in [7, 11) is -4.67. The van der Waals surface area contributed by atoms with Crippen molar-refractivity contribution in [3.05, 3.63) is 35.9 Å². The molecule has 6 nitrogen and oxygen atoms in total. The number of benzene rings is 1. The van der Waals surface area contributed by atoms with E-state index < -0.39 is 10.4 Å². The van der Waals surface area contributed by atoms with Crippen molar-refractivity contribution in [2.45, 2.75) is 31.7 Å². The van der Waals surface area contributed by atoms with Crippen LogP contribution >= 0.6 is 0 Å². The average Bonchev–Trinajstić information content (AvgIpc) is 2.38. The van der Waals surface area contributed by atoms with Gasteiger partial charge in [0.1, 0.15) is 0 Å². The first-order valence-corrected chi connectivity index (χ1v) is 8.46. The van der Waals surface area contributed by atoms with Crippen LogP contribution in [-0.2, 0) is 16.8 Å². The molecule has 1 saturated heterocycles. The molecule has 1 atom stereocenters. The number of hydrogen-bond acceptors (Lipinski definition) is 4. The van der Waals surface area contributed by atoms with Gasteiger partial charge in [-0.25, -0.2) is 0 Å². The molecule has 21 heavy (non-hydrogen) atoms. The molecule has 1 aliphatic heterocycles. The van der Waals surface area contributed by atoms with Crippen LogP contribution in [0.1, 0.15) is 24.8 Å². The average molecular weight is 316 g/mol. The van der Waals surface area contributed by atoms with E-state index >= 15 is 0 Å². The highest BCUT2D eigenvalue weighted by Crippen LogP contribution is 2.10. The summed E-state index contributed by atoms with van der Waals surface area (Å²) in [5.41, 5.74) is 7.41. The van der Waals surface area contributed by atoms with Gasteiger partial charge in [0.25, 0.3) is 0 Å². The van der Waals surface area contributed by atoms with Crippen molar-refractivity contribution in [1.29, 1.82) is 0 Å². The van der Waals surface area contributed by atoms with Crippen LogP contribution in [0.25, 0.3) is 0 Å². The lowest BCUT2D eigenvalue weighted by Gasteiger charge is -2.30. The van der Waals surface area contributed by atoms with Gasteiger partial charge in [-0.3, -0.25) is 9.11 Å². The summed E-state index contributed by atoms with van der Waals surface area (Å²) < 4.78 is 31.6. The van der Waals surface area contributed by atoms with Gasteiger partial charge in [0.15, 0.2) is 0 Å². The Bertz CT molecular complexity index is 485. The lowest BCUT2D eigenvalue weighted by molar-refractivity contribution is 0.207. The molecule has 1 unspecified atom stereocenters. The molecule has 0 aromatic heterocycles. The van der Waals surface area contributed by atoms with E-state index in [9.17, 15) is 0 Å².